The molecule has 0 N–H and O–H groups in total. The molecule has 1 amide bonds. The first-order valence-corrected chi connectivity index (χ1v) is 9.16. The Morgan fingerprint density at radius 1 is 1.07 bits per heavy atom. The third kappa shape index (κ3) is 3.73. The van der Waals surface area contributed by atoms with E-state index in [9.17, 15) is 9.59 Å². The van der Waals surface area contributed by atoms with Gasteiger partial charge in [0.15, 0.2) is 0 Å². The zero-order valence-corrected chi connectivity index (χ0v) is 15.6. The Bertz CT molecular complexity index is 1080. The molecule has 2 heterocycles. The van der Waals surface area contributed by atoms with Gasteiger partial charge in [-0.15, -0.1) is 0 Å². The number of pyridine rings is 1. The van der Waals surface area contributed by atoms with E-state index in [0.717, 1.165) is 10.9 Å². The van der Waals surface area contributed by atoms with Crippen LogP contribution in [0.2, 0.25) is 5.15 Å². The molecular formula is C21H16ClN3O3. The minimum Gasteiger partial charge on any atom is -0.456 e. The molecule has 3 aromatic rings. The molecule has 2 aromatic carbocycles. The molecule has 0 saturated heterocycles. The van der Waals surface area contributed by atoms with Crippen molar-refractivity contribution in [3.8, 4) is 0 Å². The molecule has 7 heteroatoms. The number of ether oxygens (including phenoxy) is 1. The number of rotatable bonds is 4. The molecule has 6 nitrogen and oxygen atoms in total. The Labute approximate surface area is 166 Å². The highest BCUT2D eigenvalue weighted by Gasteiger charge is 2.26. The highest BCUT2D eigenvalue weighted by molar-refractivity contribution is 6.38. The quantitative estimate of drug-likeness (QED) is 0.494. The van der Waals surface area contributed by atoms with Crippen LogP contribution in [-0.2, 0) is 20.9 Å². The maximum Gasteiger partial charge on any atom is 0.354 e. The summed E-state index contributed by atoms with van der Waals surface area (Å²) in [5.41, 5.74) is 2.20. The van der Waals surface area contributed by atoms with E-state index in [-0.39, 0.29) is 36.2 Å². The number of fused-ring (bicyclic) bond motifs is 1. The second kappa shape index (κ2) is 7.78. The summed E-state index contributed by atoms with van der Waals surface area (Å²) in [5.74, 6) is -0.734. The Hall–Kier alpha value is -3.25. The van der Waals surface area contributed by atoms with Gasteiger partial charge >= 0.3 is 5.97 Å². The lowest BCUT2D eigenvalue weighted by Gasteiger charge is -2.22. The first-order valence-electron chi connectivity index (χ1n) is 8.78. The van der Waals surface area contributed by atoms with Crippen LogP contribution in [0.5, 0.6) is 0 Å². The van der Waals surface area contributed by atoms with Crippen LogP contribution in [0.4, 0.5) is 5.69 Å². The van der Waals surface area contributed by atoms with Gasteiger partial charge in [-0.25, -0.2) is 14.8 Å². The number of anilines is 1. The zero-order chi connectivity index (χ0) is 19.5. The number of nitrogens with zero attached hydrogens (tertiary/aromatic N) is 3. The fourth-order valence-corrected chi connectivity index (χ4v) is 3.14. The minimum absolute atomic E-state index is 0.0200. The fourth-order valence-electron chi connectivity index (χ4n) is 2.94. The Balaban J connectivity index is 1.51. The highest BCUT2D eigenvalue weighted by Crippen LogP contribution is 2.22. The Morgan fingerprint density at radius 2 is 1.82 bits per heavy atom. The predicted molar refractivity (Wildman–Crippen MR) is 107 cm³/mol. The molecule has 0 spiro atoms. The SMILES string of the molecule is O=C(OCc1cc2ccccc2nc1Cl)C1=NN(c2ccccc2)C(=O)CC1. The van der Waals surface area contributed by atoms with E-state index in [1.54, 1.807) is 24.3 Å². The average molecular weight is 394 g/mol. The molecule has 1 aromatic heterocycles. The van der Waals surface area contributed by atoms with Crippen molar-refractivity contribution in [1.29, 1.82) is 0 Å². The lowest BCUT2D eigenvalue weighted by molar-refractivity contribution is -0.137. The lowest BCUT2D eigenvalue weighted by Crippen LogP contribution is -2.34. The van der Waals surface area contributed by atoms with Crippen molar-refractivity contribution in [3.63, 3.8) is 0 Å². The first-order chi connectivity index (χ1) is 13.6. The molecule has 4 rings (SSSR count). The van der Waals surface area contributed by atoms with Crippen LogP contribution in [0.25, 0.3) is 10.9 Å². The van der Waals surface area contributed by atoms with Crippen molar-refractivity contribution in [2.75, 3.05) is 5.01 Å². The monoisotopic (exact) mass is 393 g/mol. The summed E-state index contributed by atoms with van der Waals surface area (Å²) >= 11 is 6.21. The van der Waals surface area contributed by atoms with Gasteiger partial charge in [-0.2, -0.15) is 5.10 Å². The Kier molecular flexibility index (Phi) is 5.04. The number of halogens is 1. The van der Waals surface area contributed by atoms with Crippen LogP contribution in [0.3, 0.4) is 0 Å². The number of carbonyl (C=O) groups is 2. The average Bonchev–Trinajstić information content (AvgIpc) is 2.73. The fraction of sp³-hybridized carbons (Fsp3) is 0.143. The second-order valence-electron chi connectivity index (χ2n) is 6.29. The number of hydrogen-bond donors (Lipinski definition) is 0. The van der Waals surface area contributed by atoms with E-state index in [2.05, 4.69) is 10.1 Å². The van der Waals surface area contributed by atoms with E-state index < -0.39 is 5.97 Å². The number of esters is 1. The molecule has 140 valence electrons. The molecular weight excluding hydrogens is 378 g/mol. The summed E-state index contributed by atoms with van der Waals surface area (Å²) < 4.78 is 5.38. The molecule has 1 aliphatic heterocycles. The smallest absolute Gasteiger partial charge is 0.354 e. The maximum absolute atomic E-state index is 12.5. The third-order valence-electron chi connectivity index (χ3n) is 4.38. The number of hydrazone groups is 1. The predicted octanol–water partition coefficient (Wildman–Crippen LogP) is 4.11. The van der Waals surface area contributed by atoms with Gasteiger partial charge in [0.25, 0.3) is 0 Å². The second-order valence-corrected chi connectivity index (χ2v) is 6.65. The summed E-state index contributed by atoms with van der Waals surface area (Å²) in [4.78, 5) is 28.9. The van der Waals surface area contributed by atoms with E-state index in [1.165, 1.54) is 5.01 Å². The van der Waals surface area contributed by atoms with Crippen LogP contribution in [-0.4, -0.2) is 22.6 Å². The summed E-state index contributed by atoms with van der Waals surface area (Å²) in [6, 6.07) is 18.4. The van der Waals surface area contributed by atoms with Gasteiger partial charge < -0.3 is 4.74 Å². The van der Waals surface area contributed by atoms with Crippen LogP contribution < -0.4 is 5.01 Å². The van der Waals surface area contributed by atoms with Gasteiger partial charge in [0.1, 0.15) is 17.5 Å². The summed E-state index contributed by atoms with van der Waals surface area (Å²) in [6.07, 6.45) is 0.436. The van der Waals surface area contributed by atoms with Crippen LogP contribution in [0.1, 0.15) is 18.4 Å². The van der Waals surface area contributed by atoms with E-state index in [4.69, 9.17) is 16.3 Å². The van der Waals surface area contributed by atoms with Crippen LogP contribution in [0, 0.1) is 0 Å². The van der Waals surface area contributed by atoms with Gasteiger partial charge in [0.2, 0.25) is 5.91 Å². The first kappa shape index (κ1) is 18.1. The van der Waals surface area contributed by atoms with Gasteiger partial charge in [-0.1, -0.05) is 48.0 Å². The highest BCUT2D eigenvalue weighted by atomic mass is 35.5. The molecule has 0 fully saturated rings. The van der Waals surface area contributed by atoms with Crippen molar-refractivity contribution in [1.82, 2.24) is 4.98 Å². The minimum atomic E-state index is -0.572. The molecule has 0 atom stereocenters. The van der Waals surface area contributed by atoms with E-state index >= 15 is 0 Å². The van der Waals surface area contributed by atoms with Gasteiger partial charge in [-0.3, -0.25) is 4.79 Å². The van der Waals surface area contributed by atoms with Crippen LogP contribution >= 0.6 is 11.6 Å². The summed E-state index contributed by atoms with van der Waals surface area (Å²) in [7, 11) is 0. The van der Waals surface area contributed by atoms with E-state index in [1.807, 2.05) is 36.4 Å². The van der Waals surface area contributed by atoms with Crippen molar-refractivity contribution in [2.24, 2.45) is 5.10 Å². The number of amides is 1. The maximum atomic E-state index is 12.5. The van der Waals surface area contributed by atoms with Crippen molar-refractivity contribution in [3.05, 3.63) is 71.4 Å². The number of para-hydroxylation sites is 2. The molecule has 1 aliphatic rings. The number of hydrogen-bond acceptors (Lipinski definition) is 5. The molecule has 28 heavy (non-hydrogen) atoms. The molecule has 0 saturated carbocycles. The van der Waals surface area contributed by atoms with Crippen LogP contribution in [0.15, 0.2) is 65.8 Å². The standard InChI is InChI=1S/C21H16ClN3O3/c22-20-15(12-14-6-4-5-9-17(14)23-20)13-28-21(27)18-10-11-19(26)25(24-18)16-7-2-1-3-8-16/h1-9,12H,10-11,13H2. The Morgan fingerprint density at radius 3 is 2.64 bits per heavy atom. The van der Waals surface area contributed by atoms with Crippen molar-refractivity contribution in [2.45, 2.75) is 19.4 Å². The van der Waals surface area contributed by atoms with Gasteiger partial charge in [0.05, 0.1) is 11.2 Å². The number of aromatic nitrogens is 1. The topological polar surface area (TPSA) is 71.9 Å². The zero-order valence-electron chi connectivity index (χ0n) is 14.8. The number of carbonyl (C=O) groups excluding carboxylic acids is 2. The molecule has 0 unspecified atom stereocenters. The van der Waals surface area contributed by atoms with Gasteiger partial charge in [0, 0.05) is 23.8 Å². The van der Waals surface area contributed by atoms with Crippen molar-refractivity contribution >= 4 is 45.8 Å². The third-order valence-corrected chi connectivity index (χ3v) is 4.71. The van der Waals surface area contributed by atoms with Gasteiger partial charge in [-0.05, 0) is 24.3 Å². The molecule has 0 aliphatic carbocycles. The summed E-state index contributed by atoms with van der Waals surface area (Å²) in [6.45, 7) is -0.0200. The molecule has 0 radical (unpaired) electrons. The number of benzene rings is 2. The van der Waals surface area contributed by atoms with E-state index in [0.29, 0.717) is 11.3 Å². The largest absolute Gasteiger partial charge is 0.456 e. The molecule has 0 bridgehead atoms. The lowest BCUT2D eigenvalue weighted by atomic mass is 10.1. The normalized spacial score (nSPS) is 14.1. The summed E-state index contributed by atoms with van der Waals surface area (Å²) in [5, 5.41) is 6.64. The van der Waals surface area contributed by atoms with Crippen molar-refractivity contribution < 1.29 is 14.3 Å².